The first-order valence-electron chi connectivity index (χ1n) is 6.23. The maximum atomic E-state index is 11.9. The molecule has 1 aromatic rings. The van der Waals surface area contributed by atoms with Crippen LogP contribution >= 0.6 is 0 Å². The van der Waals surface area contributed by atoms with Crippen LogP contribution in [0.25, 0.3) is 0 Å². The van der Waals surface area contributed by atoms with Gasteiger partial charge in [-0.05, 0) is 31.0 Å². The summed E-state index contributed by atoms with van der Waals surface area (Å²) in [6.45, 7) is 4.04. The molecule has 1 N–H and O–H groups in total. The molecule has 0 atom stereocenters. The molecule has 5 nitrogen and oxygen atoms in total. The summed E-state index contributed by atoms with van der Waals surface area (Å²) in [5.41, 5.74) is 1.07. The molecule has 1 rings (SSSR count). The van der Waals surface area contributed by atoms with Crippen LogP contribution in [-0.4, -0.2) is 27.5 Å². The van der Waals surface area contributed by atoms with Crippen LogP contribution in [0.3, 0.4) is 0 Å². The van der Waals surface area contributed by atoms with Gasteiger partial charge in [0.25, 0.3) is 0 Å². The molecular weight excluding hydrogens is 266 g/mol. The summed E-state index contributed by atoms with van der Waals surface area (Å²) in [5.74, 6) is -0.411. The lowest BCUT2D eigenvalue weighted by Gasteiger charge is -2.07. The fourth-order valence-electron chi connectivity index (χ4n) is 1.51. The molecule has 0 aromatic heterocycles. The Hall–Kier alpha value is -1.40. The summed E-state index contributed by atoms with van der Waals surface area (Å²) >= 11 is 0. The van der Waals surface area contributed by atoms with Crippen molar-refractivity contribution >= 4 is 16.0 Å². The molecule has 1 aromatic carbocycles. The first-order valence-corrected chi connectivity index (χ1v) is 7.72. The number of nitrogens with one attached hydrogen (secondary N) is 1. The maximum absolute atomic E-state index is 11.9. The van der Waals surface area contributed by atoms with E-state index in [0.717, 1.165) is 12.0 Å². The molecular formula is C13H19NO4S. The zero-order valence-corrected chi connectivity index (χ0v) is 12.0. The largest absolute Gasteiger partial charge is 0.466 e. The van der Waals surface area contributed by atoms with E-state index in [1.165, 1.54) is 0 Å². The minimum Gasteiger partial charge on any atom is -0.466 e. The Morgan fingerprint density at radius 1 is 1.21 bits per heavy atom. The fraction of sp³-hybridized carbons (Fsp3) is 0.462. The van der Waals surface area contributed by atoms with Crippen molar-refractivity contribution in [1.29, 1.82) is 0 Å². The molecule has 0 heterocycles. The number of carbonyl (C=O) groups is 1. The zero-order valence-electron chi connectivity index (χ0n) is 11.2. The molecule has 106 valence electrons. The van der Waals surface area contributed by atoms with E-state index in [1.54, 1.807) is 31.2 Å². The monoisotopic (exact) mass is 285 g/mol. The van der Waals surface area contributed by atoms with E-state index in [2.05, 4.69) is 4.72 Å². The Morgan fingerprint density at radius 3 is 2.37 bits per heavy atom. The number of sulfonamides is 1. The quantitative estimate of drug-likeness (QED) is 0.770. The van der Waals surface area contributed by atoms with Crippen LogP contribution in [0.5, 0.6) is 0 Å². The molecule has 0 saturated heterocycles. The molecule has 6 heteroatoms. The highest BCUT2D eigenvalue weighted by molar-refractivity contribution is 7.89. The van der Waals surface area contributed by atoms with Gasteiger partial charge in [-0.1, -0.05) is 19.1 Å². The van der Waals surface area contributed by atoms with Crippen molar-refractivity contribution in [3.63, 3.8) is 0 Å². The van der Waals surface area contributed by atoms with Gasteiger partial charge in [0.05, 0.1) is 17.9 Å². The summed E-state index contributed by atoms with van der Waals surface area (Å²) < 4.78 is 30.9. The van der Waals surface area contributed by atoms with Crippen molar-refractivity contribution < 1.29 is 17.9 Å². The predicted molar refractivity (Wildman–Crippen MR) is 72.3 cm³/mol. The average Bonchev–Trinajstić information content (AvgIpc) is 2.39. The molecule has 0 fully saturated rings. The molecule has 0 spiro atoms. The maximum Gasteiger partial charge on any atom is 0.307 e. The van der Waals surface area contributed by atoms with Gasteiger partial charge in [-0.3, -0.25) is 4.79 Å². The van der Waals surface area contributed by atoms with Gasteiger partial charge < -0.3 is 4.74 Å². The standard InChI is InChI=1S/C13H19NO4S/c1-3-11-5-7-12(8-6-11)19(16,17)14-10-9-13(15)18-4-2/h5-8,14H,3-4,9-10H2,1-2H3. The normalized spacial score (nSPS) is 11.3. The minimum atomic E-state index is -3.55. The third-order valence-corrected chi connectivity index (χ3v) is 4.05. The van der Waals surface area contributed by atoms with Crippen LogP contribution in [-0.2, 0) is 26.0 Å². The Labute approximate surface area is 114 Å². The topological polar surface area (TPSA) is 72.5 Å². The van der Waals surface area contributed by atoms with E-state index in [4.69, 9.17) is 4.74 Å². The lowest BCUT2D eigenvalue weighted by molar-refractivity contribution is -0.142. The van der Waals surface area contributed by atoms with E-state index in [9.17, 15) is 13.2 Å². The summed E-state index contributed by atoms with van der Waals surface area (Å²) in [6, 6.07) is 6.68. The van der Waals surface area contributed by atoms with Crippen molar-refractivity contribution in [1.82, 2.24) is 4.72 Å². The van der Waals surface area contributed by atoms with Gasteiger partial charge in [-0.15, -0.1) is 0 Å². The second-order valence-corrected chi connectivity index (χ2v) is 5.72. The van der Waals surface area contributed by atoms with Gasteiger partial charge in [0.15, 0.2) is 0 Å². The van der Waals surface area contributed by atoms with Crippen LogP contribution in [0.1, 0.15) is 25.8 Å². The lowest BCUT2D eigenvalue weighted by Crippen LogP contribution is -2.26. The van der Waals surface area contributed by atoms with Gasteiger partial charge in [-0.25, -0.2) is 13.1 Å². The van der Waals surface area contributed by atoms with Crippen LogP contribution < -0.4 is 4.72 Å². The van der Waals surface area contributed by atoms with E-state index in [-0.39, 0.29) is 17.9 Å². The highest BCUT2D eigenvalue weighted by atomic mass is 32.2. The molecule has 0 radical (unpaired) electrons. The third-order valence-electron chi connectivity index (χ3n) is 2.57. The molecule has 0 aliphatic rings. The first kappa shape index (κ1) is 15.7. The molecule has 0 unspecified atom stereocenters. The summed E-state index contributed by atoms with van der Waals surface area (Å²) in [6.07, 6.45) is 0.886. The number of rotatable bonds is 7. The molecule has 0 aliphatic carbocycles. The summed E-state index contributed by atoms with van der Waals surface area (Å²) in [5, 5.41) is 0. The molecule has 19 heavy (non-hydrogen) atoms. The highest BCUT2D eigenvalue weighted by Crippen LogP contribution is 2.10. The number of carbonyl (C=O) groups excluding carboxylic acids is 1. The second kappa shape index (κ2) is 7.25. The van der Waals surface area contributed by atoms with Gasteiger partial charge in [0.2, 0.25) is 10.0 Å². The van der Waals surface area contributed by atoms with Gasteiger partial charge >= 0.3 is 5.97 Å². The molecule has 0 aliphatic heterocycles. The lowest BCUT2D eigenvalue weighted by atomic mass is 10.2. The van der Waals surface area contributed by atoms with Gasteiger partial charge in [-0.2, -0.15) is 0 Å². The minimum absolute atomic E-state index is 0.0279. The number of aryl methyl sites for hydroxylation is 1. The molecule has 0 bridgehead atoms. The average molecular weight is 285 g/mol. The van der Waals surface area contributed by atoms with Crippen LogP contribution in [0, 0.1) is 0 Å². The van der Waals surface area contributed by atoms with E-state index < -0.39 is 16.0 Å². The smallest absolute Gasteiger partial charge is 0.307 e. The third kappa shape index (κ3) is 5.00. The van der Waals surface area contributed by atoms with Crippen LogP contribution in [0.4, 0.5) is 0 Å². The summed E-state index contributed by atoms with van der Waals surface area (Å²) in [4.78, 5) is 11.3. The Kier molecular flexibility index (Phi) is 5.98. The molecule has 0 amide bonds. The summed E-state index contributed by atoms with van der Waals surface area (Å²) in [7, 11) is -3.55. The number of benzene rings is 1. The highest BCUT2D eigenvalue weighted by Gasteiger charge is 2.14. The van der Waals surface area contributed by atoms with Crippen LogP contribution in [0.15, 0.2) is 29.2 Å². The predicted octanol–water partition coefficient (Wildman–Crippen LogP) is 1.48. The van der Waals surface area contributed by atoms with Crippen molar-refractivity contribution in [2.45, 2.75) is 31.6 Å². The number of esters is 1. The number of hydrogen-bond donors (Lipinski definition) is 1. The Morgan fingerprint density at radius 2 is 1.84 bits per heavy atom. The number of ether oxygens (including phenoxy) is 1. The zero-order chi connectivity index (χ0) is 14.3. The van der Waals surface area contributed by atoms with Crippen molar-refractivity contribution in [3.8, 4) is 0 Å². The van der Waals surface area contributed by atoms with E-state index >= 15 is 0 Å². The van der Waals surface area contributed by atoms with E-state index in [0.29, 0.717) is 6.61 Å². The van der Waals surface area contributed by atoms with Gasteiger partial charge in [0.1, 0.15) is 0 Å². The van der Waals surface area contributed by atoms with Crippen molar-refractivity contribution in [3.05, 3.63) is 29.8 Å². The van der Waals surface area contributed by atoms with Gasteiger partial charge in [0, 0.05) is 6.54 Å². The molecule has 0 saturated carbocycles. The Balaban J connectivity index is 2.57. The van der Waals surface area contributed by atoms with Crippen LogP contribution in [0.2, 0.25) is 0 Å². The fourth-order valence-corrected chi connectivity index (χ4v) is 2.54. The SMILES string of the molecule is CCOC(=O)CCNS(=O)(=O)c1ccc(CC)cc1. The van der Waals surface area contributed by atoms with E-state index in [1.807, 2.05) is 6.92 Å². The van der Waals surface area contributed by atoms with Crippen molar-refractivity contribution in [2.75, 3.05) is 13.2 Å². The first-order chi connectivity index (χ1) is 8.99. The second-order valence-electron chi connectivity index (χ2n) is 3.95. The number of hydrogen-bond acceptors (Lipinski definition) is 4. The van der Waals surface area contributed by atoms with Crippen molar-refractivity contribution in [2.24, 2.45) is 0 Å². The Bertz CT molecular complexity index is 508.